The third-order valence-corrected chi connectivity index (χ3v) is 7.57. The zero-order chi connectivity index (χ0) is 29.0. The third-order valence-electron chi connectivity index (χ3n) is 5.88. The van der Waals surface area contributed by atoms with Crippen LogP contribution in [0.2, 0.25) is 0 Å². The molecule has 15 heteroatoms. The third kappa shape index (κ3) is 5.99. The number of sulfonamides is 1. The number of hydrogen-bond donors (Lipinski definition) is 1. The number of aromatic nitrogens is 6. The highest BCUT2D eigenvalue weighted by Crippen LogP contribution is 2.39. The SMILES string of the molecule is COc1cccc(OC(F)F)c1-n1c(NS(=O)(=O)[C@@H](C)[C@H](OC)c2ncc(C)cn2)nnc1-c1cncc(C)c1. The van der Waals surface area contributed by atoms with E-state index in [4.69, 9.17) is 14.2 Å². The smallest absolute Gasteiger partial charge is 0.387 e. The first-order chi connectivity index (χ1) is 19.1. The normalized spacial score (nSPS) is 13.2. The standard InChI is InChI=1S/C25H27F2N7O5S/c1-14-9-17(13-28-10-14)23-31-32-25(34(23)20-18(37-4)7-6-8-19(20)39-24(26)27)33-40(35,36)16(3)21(38-5)22-29-11-15(2)12-30-22/h6-13,16,21,24H,1-5H3,(H,32,33)/t16-,21-/m0/s1. The van der Waals surface area contributed by atoms with Crippen LogP contribution >= 0.6 is 0 Å². The van der Waals surface area contributed by atoms with Gasteiger partial charge in [-0.25, -0.2) is 18.4 Å². The van der Waals surface area contributed by atoms with Crippen LogP contribution in [0.4, 0.5) is 14.7 Å². The monoisotopic (exact) mass is 575 g/mol. The number of benzene rings is 1. The van der Waals surface area contributed by atoms with E-state index in [1.807, 2.05) is 0 Å². The minimum atomic E-state index is -4.27. The van der Waals surface area contributed by atoms with Crippen LogP contribution in [0.15, 0.2) is 49.1 Å². The van der Waals surface area contributed by atoms with Gasteiger partial charge in [0.15, 0.2) is 17.4 Å². The van der Waals surface area contributed by atoms with Gasteiger partial charge in [-0.05, 0) is 50.1 Å². The van der Waals surface area contributed by atoms with Crippen LogP contribution < -0.4 is 14.2 Å². The molecule has 0 bridgehead atoms. The van der Waals surface area contributed by atoms with E-state index in [0.717, 1.165) is 11.1 Å². The molecule has 0 aliphatic heterocycles. The lowest BCUT2D eigenvalue weighted by Crippen LogP contribution is -2.33. The molecule has 0 saturated carbocycles. The molecule has 1 aromatic carbocycles. The molecule has 0 aliphatic rings. The summed E-state index contributed by atoms with van der Waals surface area (Å²) in [6, 6.07) is 5.98. The van der Waals surface area contributed by atoms with Crippen LogP contribution in [0, 0.1) is 13.8 Å². The van der Waals surface area contributed by atoms with Crippen LogP contribution in [-0.2, 0) is 14.8 Å². The van der Waals surface area contributed by atoms with Gasteiger partial charge in [-0.1, -0.05) is 6.07 Å². The fourth-order valence-corrected chi connectivity index (χ4v) is 5.07. The number of pyridine rings is 1. The molecule has 3 aromatic heterocycles. The molecule has 40 heavy (non-hydrogen) atoms. The van der Waals surface area contributed by atoms with Crippen molar-refractivity contribution in [2.75, 3.05) is 18.9 Å². The van der Waals surface area contributed by atoms with E-state index < -0.39 is 28.0 Å². The fraction of sp³-hybridized carbons (Fsp3) is 0.320. The van der Waals surface area contributed by atoms with Crippen molar-refractivity contribution >= 4 is 16.0 Å². The molecule has 212 valence electrons. The maximum absolute atomic E-state index is 13.6. The number of halogens is 2. The predicted octanol–water partition coefficient (Wildman–Crippen LogP) is 3.86. The Kier molecular flexibility index (Phi) is 8.54. The Balaban J connectivity index is 1.87. The molecule has 4 rings (SSSR count). The molecule has 0 aliphatic carbocycles. The van der Waals surface area contributed by atoms with E-state index in [1.165, 1.54) is 50.1 Å². The molecule has 3 heterocycles. The summed E-state index contributed by atoms with van der Waals surface area (Å²) in [5.74, 6) is -0.262. The number of hydrogen-bond acceptors (Lipinski definition) is 10. The van der Waals surface area contributed by atoms with Crippen molar-refractivity contribution < 1.29 is 31.4 Å². The number of alkyl halides is 2. The van der Waals surface area contributed by atoms with Gasteiger partial charge in [-0.2, -0.15) is 8.78 Å². The largest absolute Gasteiger partial charge is 0.494 e. The maximum Gasteiger partial charge on any atom is 0.387 e. The number of nitrogens with zero attached hydrogens (tertiary/aromatic N) is 6. The van der Waals surface area contributed by atoms with Gasteiger partial charge in [-0.15, -0.1) is 10.2 Å². The molecule has 2 atom stereocenters. The Morgan fingerprint density at radius 3 is 2.30 bits per heavy atom. The zero-order valence-corrected chi connectivity index (χ0v) is 23.1. The number of methoxy groups -OCH3 is 2. The fourth-order valence-electron chi connectivity index (χ4n) is 3.94. The van der Waals surface area contributed by atoms with E-state index >= 15 is 0 Å². The zero-order valence-electron chi connectivity index (χ0n) is 22.2. The first kappa shape index (κ1) is 28.8. The number of anilines is 1. The van der Waals surface area contributed by atoms with Crippen molar-refractivity contribution in [3.05, 3.63) is 66.0 Å². The Morgan fingerprint density at radius 1 is 0.975 bits per heavy atom. The Morgan fingerprint density at radius 2 is 1.68 bits per heavy atom. The average molecular weight is 576 g/mol. The van der Waals surface area contributed by atoms with Crippen molar-refractivity contribution in [2.45, 2.75) is 38.7 Å². The van der Waals surface area contributed by atoms with Crippen molar-refractivity contribution in [3.8, 4) is 28.6 Å². The first-order valence-corrected chi connectivity index (χ1v) is 13.4. The number of nitrogens with one attached hydrogen (secondary N) is 1. The molecule has 12 nitrogen and oxygen atoms in total. The van der Waals surface area contributed by atoms with Crippen LogP contribution in [0.25, 0.3) is 17.1 Å². The van der Waals surface area contributed by atoms with Crippen molar-refractivity contribution in [1.29, 1.82) is 0 Å². The quantitative estimate of drug-likeness (QED) is 0.280. The van der Waals surface area contributed by atoms with E-state index in [2.05, 4.69) is 29.9 Å². The number of rotatable bonds is 11. The molecule has 0 amide bonds. The second kappa shape index (κ2) is 11.9. The molecule has 0 unspecified atom stereocenters. The van der Waals surface area contributed by atoms with Gasteiger partial charge in [0, 0.05) is 37.5 Å². The summed E-state index contributed by atoms with van der Waals surface area (Å²) in [5, 5.41) is 7.00. The summed E-state index contributed by atoms with van der Waals surface area (Å²) in [7, 11) is -1.60. The summed E-state index contributed by atoms with van der Waals surface area (Å²) in [5.41, 5.74) is 1.94. The molecule has 1 N–H and O–H groups in total. The summed E-state index contributed by atoms with van der Waals surface area (Å²) in [6.07, 6.45) is 5.15. The molecule has 4 aromatic rings. The van der Waals surface area contributed by atoms with E-state index in [0.29, 0.717) is 5.56 Å². The number of ether oxygens (including phenoxy) is 3. The summed E-state index contributed by atoms with van der Waals surface area (Å²) in [4.78, 5) is 12.6. The van der Waals surface area contributed by atoms with Gasteiger partial charge < -0.3 is 14.2 Å². The van der Waals surface area contributed by atoms with E-state index in [1.54, 1.807) is 38.5 Å². The second-order valence-electron chi connectivity index (χ2n) is 8.75. The molecule has 0 fully saturated rings. The van der Waals surface area contributed by atoms with Gasteiger partial charge in [0.2, 0.25) is 16.0 Å². The number of para-hydroxylation sites is 1. The first-order valence-electron chi connectivity index (χ1n) is 11.9. The average Bonchev–Trinajstić information content (AvgIpc) is 3.31. The van der Waals surface area contributed by atoms with Gasteiger partial charge in [0.25, 0.3) is 0 Å². The lowest BCUT2D eigenvalue weighted by atomic mass is 10.2. The lowest BCUT2D eigenvalue weighted by molar-refractivity contribution is -0.0499. The topological polar surface area (TPSA) is 143 Å². The van der Waals surface area contributed by atoms with Crippen molar-refractivity contribution in [2.24, 2.45) is 0 Å². The van der Waals surface area contributed by atoms with Crippen molar-refractivity contribution in [3.63, 3.8) is 0 Å². The highest BCUT2D eigenvalue weighted by molar-refractivity contribution is 7.93. The Bertz CT molecular complexity index is 1580. The highest BCUT2D eigenvalue weighted by atomic mass is 32.2. The van der Waals surface area contributed by atoms with Gasteiger partial charge in [0.05, 0.1) is 7.11 Å². The predicted molar refractivity (Wildman–Crippen MR) is 141 cm³/mol. The number of aryl methyl sites for hydroxylation is 2. The van der Waals surface area contributed by atoms with Crippen LogP contribution in [0.3, 0.4) is 0 Å². The molecule has 0 saturated heterocycles. The van der Waals surface area contributed by atoms with Crippen LogP contribution in [0.1, 0.15) is 30.0 Å². The summed E-state index contributed by atoms with van der Waals surface area (Å²) in [6.45, 7) is 1.84. The molecule has 0 radical (unpaired) electrons. The molecule has 0 spiro atoms. The van der Waals surface area contributed by atoms with E-state index in [9.17, 15) is 17.2 Å². The summed E-state index contributed by atoms with van der Waals surface area (Å²) >= 11 is 0. The minimum Gasteiger partial charge on any atom is -0.494 e. The maximum atomic E-state index is 13.6. The van der Waals surface area contributed by atoms with Gasteiger partial charge in [-0.3, -0.25) is 14.3 Å². The van der Waals surface area contributed by atoms with Gasteiger partial charge in [0.1, 0.15) is 22.8 Å². The molecular formula is C25H27F2N7O5S. The summed E-state index contributed by atoms with van der Waals surface area (Å²) < 4.78 is 73.3. The minimum absolute atomic E-state index is 0.0534. The lowest BCUT2D eigenvalue weighted by Gasteiger charge is -2.23. The van der Waals surface area contributed by atoms with Gasteiger partial charge >= 0.3 is 6.61 Å². The Labute approximate surface area is 229 Å². The van der Waals surface area contributed by atoms with Crippen molar-refractivity contribution in [1.82, 2.24) is 29.7 Å². The van der Waals surface area contributed by atoms with E-state index in [-0.39, 0.29) is 34.8 Å². The van der Waals surface area contributed by atoms with Crippen LogP contribution in [0.5, 0.6) is 11.5 Å². The Hall–Kier alpha value is -4.24. The molecular weight excluding hydrogens is 548 g/mol. The second-order valence-corrected chi connectivity index (χ2v) is 10.8. The van der Waals surface area contributed by atoms with Crippen LogP contribution in [-0.4, -0.2) is 64.2 Å². The highest BCUT2D eigenvalue weighted by Gasteiger charge is 2.35.